The number of esters is 1. The smallest absolute Gasteiger partial charge is 0.337 e. The van der Waals surface area contributed by atoms with E-state index in [0.29, 0.717) is 10.8 Å². The van der Waals surface area contributed by atoms with Gasteiger partial charge in [-0.2, -0.15) is 0 Å². The molecule has 58 heavy (non-hydrogen) atoms. The van der Waals surface area contributed by atoms with Crippen LogP contribution in [-0.2, 0) is 23.8 Å². The number of hydrogen-bond donors (Lipinski definition) is 3. The maximum absolute atomic E-state index is 12.6. The predicted molar refractivity (Wildman–Crippen MR) is 223 cm³/mol. The van der Waals surface area contributed by atoms with Crippen molar-refractivity contribution in [2.75, 3.05) is 17.6 Å². The summed E-state index contributed by atoms with van der Waals surface area (Å²) in [5.41, 5.74) is 12.9. The molecule has 6 aromatic rings. The van der Waals surface area contributed by atoms with Crippen LogP contribution in [0.25, 0.3) is 22.5 Å². The number of aromatic carboxylic acids is 1. The minimum absolute atomic E-state index is 0.0737. The molecular formula is C39H35Cl3N6O8S2. The minimum Gasteiger partial charge on any atom is -0.478 e. The highest BCUT2D eigenvalue weighted by atomic mass is 35.7. The number of aromatic nitrogens is 4. The van der Waals surface area contributed by atoms with Gasteiger partial charge >= 0.3 is 11.9 Å². The Kier molecular flexibility index (Phi) is 14.9. The SMILES string of the molecule is COC(=O)c1cccc(S(=O)(=O)Cl)c1.Cc1cccc(C)c1-c1cc(Cl)nc(N)n1.Cc1cccc(C)c1-c1cc(Cl)nc(NS(=O)(=O)c2cccc(C(=O)O)c2)n1. The lowest BCUT2D eigenvalue weighted by atomic mass is 10.00. The Balaban J connectivity index is 0.000000210. The summed E-state index contributed by atoms with van der Waals surface area (Å²) < 4.78 is 53.8. The molecule has 0 aliphatic heterocycles. The zero-order chi connectivity index (χ0) is 42.9. The number of carboxylic acid groups (broad SMARTS) is 1. The van der Waals surface area contributed by atoms with Gasteiger partial charge in [0.2, 0.25) is 11.9 Å². The molecule has 0 unspecified atom stereocenters. The Morgan fingerprint density at radius 1 is 0.655 bits per heavy atom. The van der Waals surface area contributed by atoms with Crippen molar-refractivity contribution < 1.29 is 36.3 Å². The van der Waals surface area contributed by atoms with Crippen molar-refractivity contribution in [3.05, 3.63) is 141 Å². The zero-order valence-electron chi connectivity index (χ0n) is 31.4. The summed E-state index contributed by atoms with van der Waals surface area (Å²) in [7, 11) is -1.59. The molecule has 4 aromatic carbocycles. The molecular weight excluding hydrogens is 851 g/mol. The fourth-order valence-electron chi connectivity index (χ4n) is 5.46. The maximum Gasteiger partial charge on any atom is 0.337 e. The van der Waals surface area contributed by atoms with Gasteiger partial charge in [-0.05, 0) is 86.3 Å². The van der Waals surface area contributed by atoms with Crippen molar-refractivity contribution in [2.45, 2.75) is 37.5 Å². The van der Waals surface area contributed by atoms with Gasteiger partial charge in [0.25, 0.3) is 19.1 Å². The van der Waals surface area contributed by atoms with E-state index in [4.69, 9.17) is 44.7 Å². The molecule has 0 fully saturated rings. The van der Waals surface area contributed by atoms with Crippen LogP contribution in [0.1, 0.15) is 43.0 Å². The van der Waals surface area contributed by atoms with Crippen LogP contribution >= 0.6 is 33.9 Å². The molecule has 0 spiro atoms. The van der Waals surface area contributed by atoms with E-state index in [1.807, 2.05) is 64.1 Å². The van der Waals surface area contributed by atoms with Crippen molar-refractivity contribution in [3.63, 3.8) is 0 Å². The van der Waals surface area contributed by atoms with Crippen LogP contribution in [0.4, 0.5) is 11.9 Å². The number of carbonyl (C=O) groups excluding carboxylic acids is 1. The van der Waals surface area contributed by atoms with E-state index in [1.54, 1.807) is 12.1 Å². The molecule has 0 saturated carbocycles. The second kappa shape index (κ2) is 19.2. The maximum atomic E-state index is 12.6. The first-order valence-corrected chi connectivity index (χ1v) is 21.2. The molecule has 2 aromatic heterocycles. The number of anilines is 2. The lowest BCUT2D eigenvalue weighted by Gasteiger charge is -2.12. The highest BCUT2D eigenvalue weighted by Gasteiger charge is 2.20. The summed E-state index contributed by atoms with van der Waals surface area (Å²) in [5.74, 6) is -1.84. The molecule has 0 saturated heterocycles. The molecule has 0 aliphatic rings. The quantitative estimate of drug-likeness (QED) is 0.0744. The molecule has 0 radical (unpaired) electrons. The largest absolute Gasteiger partial charge is 0.478 e. The number of benzene rings is 4. The average Bonchev–Trinajstić information content (AvgIpc) is 3.14. The average molecular weight is 886 g/mol. The summed E-state index contributed by atoms with van der Waals surface area (Å²) in [4.78, 5) is 38.1. The molecule has 19 heteroatoms. The van der Waals surface area contributed by atoms with Crippen LogP contribution in [0.3, 0.4) is 0 Å². The third kappa shape index (κ3) is 11.9. The molecule has 4 N–H and O–H groups in total. The normalized spacial score (nSPS) is 11.0. The van der Waals surface area contributed by atoms with Gasteiger partial charge < -0.3 is 15.6 Å². The first-order chi connectivity index (χ1) is 27.2. The number of aryl methyl sites for hydroxylation is 4. The number of nitrogens with two attached hydrogens (primary N) is 1. The van der Waals surface area contributed by atoms with Crippen molar-refractivity contribution in [1.29, 1.82) is 0 Å². The number of nitrogens with one attached hydrogen (secondary N) is 1. The van der Waals surface area contributed by atoms with E-state index in [1.165, 1.54) is 43.5 Å². The van der Waals surface area contributed by atoms with Crippen molar-refractivity contribution >= 4 is 76.8 Å². The van der Waals surface area contributed by atoms with Gasteiger partial charge in [0, 0.05) is 33.9 Å². The van der Waals surface area contributed by atoms with Gasteiger partial charge in [-0.1, -0.05) is 71.7 Å². The number of hydrogen-bond acceptors (Lipinski definition) is 12. The molecule has 302 valence electrons. The summed E-state index contributed by atoms with van der Waals surface area (Å²) in [6.07, 6.45) is 0. The zero-order valence-corrected chi connectivity index (χ0v) is 35.3. The van der Waals surface area contributed by atoms with Gasteiger partial charge in [0.15, 0.2) is 0 Å². The molecule has 0 atom stereocenters. The number of ether oxygens (including phenoxy) is 1. The molecule has 2 heterocycles. The number of sulfonamides is 1. The number of rotatable bonds is 8. The Hall–Kier alpha value is -5.65. The topological polar surface area (TPSA) is 221 Å². The number of nitrogens with zero attached hydrogens (tertiary/aromatic N) is 4. The van der Waals surface area contributed by atoms with Gasteiger partial charge in [0.1, 0.15) is 10.3 Å². The van der Waals surface area contributed by atoms with Crippen LogP contribution < -0.4 is 10.5 Å². The molecule has 6 rings (SSSR count). The lowest BCUT2D eigenvalue weighted by Crippen LogP contribution is -2.16. The van der Waals surface area contributed by atoms with E-state index < -0.39 is 31.0 Å². The first kappa shape index (κ1) is 45.1. The van der Waals surface area contributed by atoms with E-state index in [9.17, 15) is 26.4 Å². The monoisotopic (exact) mass is 884 g/mol. The number of methoxy groups -OCH3 is 1. The second-order valence-electron chi connectivity index (χ2n) is 12.3. The van der Waals surface area contributed by atoms with Crippen LogP contribution in [0.5, 0.6) is 0 Å². The van der Waals surface area contributed by atoms with E-state index in [-0.39, 0.29) is 38.0 Å². The van der Waals surface area contributed by atoms with Crippen LogP contribution in [0.2, 0.25) is 10.3 Å². The second-order valence-corrected chi connectivity index (χ2v) is 17.3. The molecule has 0 bridgehead atoms. The Morgan fingerprint density at radius 2 is 1.10 bits per heavy atom. The number of nitrogen functional groups attached to an aromatic ring is 1. The number of carboxylic acids is 1. The summed E-state index contributed by atoms with van der Waals surface area (Å²) in [6, 6.07) is 25.4. The molecule has 0 aliphatic carbocycles. The van der Waals surface area contributed by atoms with Crippen LogP contribution in [-0.4, -0.2) is 60.9 Å². The lowest BCUT2D eigenvalue weighted by molar-refractivity contribution is 0.0599. The van der Waals surface area contributed by atoms with E-state index >= 15 is 0 Å². The fourth-order valence-corrected chi connectivity index (χ4v) is 7.62. The Bertz CT molecular complexity index is 2680. The van der Waals surface area contributed by atoms with Gasteiger partial charge in [-0.25, -0.2) is 51.1 Å². The van der Waals surface area contributed by atoms with Crippen molar-refractivity contribution in [2.24, 2.45) is 0 Å². The molecule has 14 nitrogen and oxygen atoms in total. The number of carbonyl (C=O) groups is 2. The van der Waals surface area contributed by atoms with Gasteiger partial charge in [-0.15, -0.1) is 0 Å². The van der Waals surface area contributed by atoms with Crippen molar-refractivity contribution in [3.8, 4) is 22.5 Å². The first-order valence-electron chi connectivity index (χ1n) is 16.7. The predicted octanol–water partition coefficient (Wildman–Crippen LogP) is 8.31. The summed E-state index contributed by atoms with van der Waals surface area (Å²) >= 11 is 12.0. The van der Waals surface area contributed by atoms with Gasteiger partial charge in [-0.3, -0.25) is 0 Å². The fraction of sp³-hybridized carbons (Fsp3) is 0.128. The Morgan fingerprint density at radius 3 is 1.59 bits per heavy atom. The van der Waals surface area contributed by atoms with E-state index in [0.717, 1.165) is 51.2 Å². The summed E-state index contributed by atoms with van der Waals surface area (Å²) in [5, 5.41) is 9.50. The third-order valence-corrected chi connectivity index (χ3v) is 11.1. The third-order valence-electron chi connectivity index (χ3n) is 8.04. The van der Waals surface area contributed by atoms with Crippen molar-refractivity contribution in [1.82, 2.24) is 19.9 Å². The summed E-state index contributed by atoms with van der Waals surface area (Å²) in [6.45, 7) is 7.91. The minimum atomic E-state index is -4.10. The van der Waals surface area contributed by atoms with Crippen LogP contribution in [0, 0.1) is 27.7 Å². The van der Waals surface area contributed by atoms with Crippen LogP contribution in [0.15, 0.2) is 107 Å². The standard InChI is InChI=1S/C19H16ClN3O4S.C12H12ClN3.C8H7ClO4S/c1-11-5-3-6-12(2)17(11)15-10-16(20)22-19(21-15)23-28(26,27)14-8-4-7-13(9-14)18(24)25;1-7-4-3-5-8(2)11(7)9-6-10(13)16-12(14)15-9;1-13-8(10)6-3-2-4-7(5-6)14(9,11)12/h3-10H,1-2H3,(H,24,25)(H,21,22,23);3-6H,1-2H3,(H2,14,15,16);2-5H,1H3. The highest BCUT2D eigenvalue weighted by molar-refractivity contribution is 8.13. The highest BCUT2D eigenvalue weighted by Crippen LogP contribution is 2.29. The molecule has 0 amide bonds. The van der Waals surface area contributed by atoms with Gasteiger partial charge in [0.05, 0.1) is 39.4 Å². The number of halogens is 3. The van der Waals surface area contributed by atoms with E-state index in [2.05, 4.69) is 29.4 Å². The Labute approximate surface area is 349 Å².